The molecule has 6 heteroatoms. The molecule has 0 bridgehead atoms. The van der Waals surface area contributed by atoms with E-state index < -0.39 is 23.7 Å². The Morgan fingerprint density at radius 2 is 1.77 bits per heavy atom. The minimum absolute atomic E-state index is 0.0898. The number of para-hydroxylation sites is 1. The number of anilines is 1. The molecule has 0 fully saturated rings. The van der Waals surface area contributed by atoms with Gasteiger partial charge in [0.15, 0.2) is 6.10 Å². The molecule has 22 heavy (non-hydrogen) atoms. The first kappa shape index (κ1) is 15.5. The maximum atomic E-state index is 13.5. The minimum atomic E-state index is -0.834. The molecular formula is C16H15FN2O3. The van der Waals surface area contributed by atoms with Crippen LogP contribution in [0.25, 0.3) is 0 Å². The Kier molecular flexibility index (Phi) is 4.73. The zero-order valence-electron chi connectivity index (χ0n) is 11.9. The van der Waals surface area contributed by atoms with E-state index in [1.54, 1.807) is 6.07 Å². The number of nitrogens with two attached hydrogens (primary N) is 1. The highest BCUT2D eigenvalue weighted by Gasteiger charge is 2.16. The molecule has 0 aliphatic heterocycles. The molecule has 2 aromatic carbocycles. The van der Waals surface area contributed by atoms with Crippen molar-refractivity contribution in [1.82, 2.24) is 0 Å². The van der Waals surface area contributed by atoms with Gasteiger partial charge in [0.1, 0.15) is 11.6 Å². The summed E-state index contributed by atoms with van der Waals surface area (Å²) in [5.41, 5.74) is 5.57. The molecule has 0 saturated heterocycles. The molecule has 0 unspecified atom stereocenters. The van der Waals surface area contributed by atoms with E-state index in [9.17, 15) is 14.0 Å². The lowest BCUT2D eigenvalue weighted by Crippen LogP contribution is -2.30. The van der Waals surface area contributed by atoms with Crippen LogP contribution in [0, 0.1) is 5.82 Å². The van der Waals surface area contributed by atoms with Crippen molar-refractivity contribution >= 4 is 17.5 Å². The Balaban J connectivity index is 1.99. The van der Waals surface area contributed by atoms with E-state index >= 15 is 0 Å². The van der Waals surface area contributed by atoms with Crippen molar-refractivity contribution in [3.8, 4) is 5.75 Å². The number of carbonyl (C=O) groups excluding carboxylic acids is 2. The summed E-state index contributed by atoms with van der Waals surface area (Å²) in [5.74, 6) is -1.14. The SMILES string of the molecule is C[C@@H](Oc1ccc(C(N)=O)cc1)C(=O)Nc1ccccc1F. The van der Waals surface area contributed by atoms with Crippen molar-refractivity contribution in [2.24, 2.45) is 5.73 Å². The van der Waals surface area contributed by atoms with E-state index in [0.29, 0.717) is 11.3 Å². The summed E-state index contributed by atoms with van der Waals surface area (Å²) in [4.78, 5) is 22.9. The topological polar surface area (TPSA) is 81.4 Å². The maximum Gasteiger partial charge on any atom is 0.265 e. The molecule has 2 aromatic rings. The van der Waals surface area contributed by atoms with Gasteiger partial charge in [0.25, 0.3) is 5.91 Å². The molecule has 0 spiro atoms. The van der Waals surface area contributed by atoms with Crippen molar-refractivity contribution in [2.45, 2.75) is 13.0 Å². The van der Waals surface area contributed by atoms with Gasteiger partial charge >= 0.3 is 0 Å². The number of rotatable bonds is 5. The first-order valence-corrected chi connectivity index (χ1v) is 6.59. The second-order valence-corrected chi connectivity index (χ2v) is 4.62. The number of benzene rings is 2. The van der Waals surface area contributed by atoms with E-state index in [-0.39, 0.29) is 5.69 Å². The number of ether oxygens (including phenoxy) is 1. The lowest BCUT2D eigenvalue weighted by molar-refractivity contribution is -0.122. The van der Waals surface area contributed by atoms with E-state index in [1.165, 1.54) is 49.4 Å². The van der Waals surface area contributed by atoms with Crippen LogP contribution in [0.2, 0.25) is 0 Å². The maximum absolute atomic E-state index is 13.5. The van der Waals surface area contributed by atoms with Gasteiger partial charge in [0, 0.05) is 5.56 Å². The minimum Gasteiger partial charge on any atom is -0.481 e. The van der Waals surface area contributed by atoms with Crippen molar-refractivity contribution in [3.63, 3.8) is 0 Å². The van der Waals surface area contributed by atoms with Crippen LogP contribution in [-0.2, 0) is 4.79 Å². The standard InChI is InChI=1S/C16H15FN2O3/c1-10(16(21)19-14-5-3-2-4-13(14)17)22-12-8-6-11(7-9-12)15(18)20/h2-10H,1H3,(H2,18,20)(H,19,21)/t10-/m1/s1. The molecule has 1 atom stereocenters. The number of hydrogen-bond donors (Lipinski definition) is 2. The Morgan fingerprint density at radius 3 is 2.36 bits per heavy atom. The van der Waals surface area contributed by atoms with Crippen LogP contribution in [0.15, 0.2) is 48.5 Å². The molecule has 0 radical (unpaired) electrons. The van der Waals surface area contributed by atoms with Crippen molar-refractivity contribution < 1.29 is 18.7 Å². The number of primary amides is 1. The fourth-order valence-corrected chi connectivity index (χ4v) is 1.75. The Labute approximate surface area is 126 Å². The summed E-state index contributed by atoms with van der Waals surface area (Å²) in [6.07, 6.45) is -0.834. The Morgan fingerprint density at radius 1 is 1.14 bits per heavy atom. The van der Waals surface area contributed by atoms with Crippen LogP contribution in [0.5, 0.6) is 5.75 Å². The van der Waals surface area contributed by atoms with Crippen molar-refractivity contribution in [1.29, 1.82) is 0 Å². The van der Waals surface area contributed by atoms with Crippen LogP contribution in [-0.4, -0.2) is 17.9 Å². The van der Waals surface area contributed by atoms with Crippen LogP contribution >= 0.6 is 0 Å². The van der Waals surface area contributed by atoms with Gasteiger partial charge in [-0.3, -0.25) is 9.59 Å². The molecule has 2 amide bonds. The van der Waals surface area contributed by atoms with Gasteiger partial charge in [-0.05, 0) is 43.3 Å². The normalized spacial score (nSPS) is 11.5. The van der Waals surface area contributed by atoms with Crippen LogP contribution < -0.4 is 15.8 Å². The molecule has 0 aliphatic carbocycles. The van der Waals surface area contributed by atoms with E-state index in [1.807, 2.05) is 0 Å². The summed E-state index contributed by atoms with van der Waals surface area (Å²) < 4.78 is 18.9. The van der Waals surface area contributed by atoms with Gasteiger partial charge in [0.2, 0.25) is 5.91 Å². The molecule has 0 aromatic heterocycles. The molecular weight excluding hydrogens is 287 g/mol. The summed E-state index contributed by atoms with van der Waals surface area (Å²) in [6.45, 7) is 1.54. The second-order valence-electron chi connectivity index (χ2n) is 4.62. The molecule has 3 N–H and O–H groups in total. The van der Waals surface area contributed by atoms with Crippen LogP contribution in [0.1, 0.15) is 17.3 Å². The molecule has 0 heterocycles. The molecule has 5 nitrogen and oxygen atoms in total. The summed E-state index contributed by atoms with van der Waals surface area (Å²) in [7, 11) is 0. The monoisotopic (exact) mass is 302 g/mol. The van der Waals surface area contributed by atoms with Gasteiger partial charge in [-0.25, -0.2) is 4.39 Å². The predicted octanol–water partition coefficient (Wildman–Crippen LogP) is 2.33. The van der Waals surface area contributed by atoms with Crippen molar-refractivity contribution in [2.75, 3.05) is 5.32 Å². The zero-order chi connectivity index (χ0) is 16.1. The molecule has 114 valence electrons. The number of nitrogens with one attached hydrogen (secondary N) is 1. The lowest BCUT2D eigenvalue weighted by atomic mass is 10.2. The van der Waals surface area contributed by atoms with Gasteiger partial charge in [-0.2, -0.15) is 0 Å². The summed E-state index contributed by atoms with van der Waals surface area (Å²) >= 11 is 0. The zero-order valence-corrected chi connectivity index (χ0v) is 11.9. The van der Waals surface area contributed by atoms with Crippen LogP contribution in [0.4, 0.5) is 10.1 Å². The first-order chi connectivity index (χ1) is 10.5. The number of halogens is 1. The van der Waals surface area contributed by atoms with E-state index in [4.69, 9.17) is 10.5 Å². The summed E-state index contributed by atoms with van der Waals surface area (Å²) in [6, 6.07) is 11.9. The third-order valence-corrected chi connectivity index (χ3v) is 2.95. The quantitative estimate of drug-likeness (QED) is 0.889. The highest BCUT2D eigenvalue weighted by molar-refractivity contribution is 5.94. The Bertz CT molecular complexity index is 686. The fraction of sp³-hybridized carbons (Fsp3) is 0.125. The number of carbonyl (C=O) groups is 2. The second kappa shape index (κ2) is 6.71. The Hall–Kier alpha value is -2.89. The van der Waals surface area contributed by atoms with Crippen LogP contribution in [0.3, 0.4) is 0 Å². The fourth-order valence-electron chi connectivity index (χ4n) is 1.75. The molecule has 0 saturated carbocycles. The highest BCUT2D eigenvalue weighted by Crippen LogP contribution is 2.16. The van der Waals surface area contributed by atoms with Crippen molar-refractivity contribution in [3.05, 3.63) is 59.9 Å². The molecule has 0 aliphatic rings. The number of amides is 2. The predicted molar refractivity (Wildman–Crippen MR) is 80.1 cm³/mol. The third kappa shape index (κ3) is 3.82. The van der Waals surface area contributed by atoms with Gasteiger partial charge in [-0.15, -0.1) is 0 Å². The average molecular weight is 302 g/mol. The highest BCUT2D eigenvalue weighted by atomic mass is 19.1. The van der Waals surface area contributed by atoms with E-state index in [2.05, 4.69) is 5.32 Å². The third-order valence-electron chi connectivity index (χ3n) is 2.95. The molecule has 2 rings (SSSR count). The van der Waals surface area contributed by atoms with Gasteiger partial charge < -0.3 is 15.8 Å². The average Bonchev–Trinajstić information content (AvgIpc) is 2.50. The first-order valence-electron chi connectivity index (χ1n) is 6.59. The smallest absolute Gasteiger partial charge is 0.265 e. The van der Waals surface area contributed by atoms with Gasteiger partial charge in [0.05, 0.1) is 5.69 Å². The lowest BCUT2D eigenvalue weighted by Gasteiger charge is -2.15. The largest absolute Gasteiger partial charge is 0.481 e. The van der Waals surface area contributed by atoms with Gasteiger partial charge in [-0.1, -0.05) is 12.1 Å². The summed E-state index contributed by atoms with van der Waals surface area (Å²) in [5, 5.41) is 2.45. The van der Waals surface area contributed by atoms with E-state index in [0.717, 1.165) is 0 Å². The number of hydrogen-bond acceptors (Lipinski definition) is 3.